The molecule has 3 heterocycles. The van der Waals surface area contributed by atoms with Crippen LogP contribution in [0.4, 0.5) is 0 Å². The highest BCUT2D eigenvalue weighted by molar-refractivity contribution is 5.92. The summed E-state index contributed by atoms with van der Waals surface area (Å²) in [7, 11) is 0. The third-order valence-electron chi connectivity index (χ3n) is 4.78. The standard InChI is InChI=1S/C18H20N4O3/c23-18(14-11-19-5-6-20-14)22-7-8-24-16-10-13(9-15(16)22)12-25-17-3-1-2-4-21-17/h1-6,11,13,15-16H,7-10,12H2/t13-,15-,16-/m1/s1. The third-order valence-corrected chi connectivity index (χ3v) is 4.78. The van der Waals surface area contributed by atoms with Crippen LogP contribution in [0, 0.1) is 5.92 Å². The number of hydrogen-bond acceptors (Lipinski definition) is 6. The van der Waals surface area contributed by atoms with Gasteiger partial charge in [-0.3, -0.25) is 9.78 Å². The van der Waals surface area contributed by atoms with Crippen LogP contribution in [0.15, 0.2) is 43.0 Å². The maximum atomic E-state index is 12.8. The van der Waals surface area contributed by atoms with Crippen LogP contribution in [0.25, 0.3) is 0 Å². The van der Waals surface area contributed by atoms with Gasteiger partial charge >= 0.3 is 0 Å². The van der Waals surface area contributed by atoms with Crippen LogP contribution in [0.5, 0.6) is 5.88 Å². The molecule has 2 aromatic heterocycles. The van der Waals surface area contributed by atoms with Crippen molar-refractivity contribution < 1.29 is 14.3 Å². The lowest BCUT2D eigenvalue weighted by Crippen LogP contribution is -2.51. The Bertz CT molecular complexity index is 713. The highest BCUT2D eigenvalue weighted by Gasteiger charge is 2.43. The number of pyridine rings is 1. The van der Waals surface area contributed by atoms with E-state index in [0.29, 0.717) is 37.3 Å². The summed E-state index contributed by atoms with van der Waals surface area (Å²) in [5.41, 5.74) is 0.385. The summed E-state index contributed by atoms with van der Waals surface area (Å²) in [5, 5.41) is 0. The number of aromatic nitrogens is 3. The zero-order chi connectivity index (χ0) is 17.1. The molecule has 25 heavy (non-hydrogen) atoms. The summed E-state index contributed by atoms with van der Waals surface area (Å²) in [4.78, 5) is 27.0. The van der Waals surface area contributed by atoms with Gasteiger partial charge in [0.05, 0.1) is 31.6 Å². The van der Waals surface area contributed by atoms with Gasteiger partial charge in [0.1, 0.15) is 5.69 Å². The van der Waals surface area contributed by atoms with Crippen molar-refractivity contribution in [2.75, 3.05) is 19.8 Å². The fraction of sp³-hybridized carbons (Fsp3) is 0.444. The minimum atomic E-state index is -0.0716. The Balaban J connectivity index is 1.41. The van der Waals surface area contributed by atoms with Gasteiger partial charge in [-0.2, -0.15) is 0 Å². The van der Waals surface area contributed by atoms with E-state index in [1.807, 2.05) is 23.1 Å². The molecule has 0 radical (unpaired) electrons. The van der Waals surface area contributed by atoms with E-state index in [2.05, 4.69) is 15.0 Å². The summed E-state index contributed by atoms with van der Waals surface area (Å²) in [5.74, 6) is 0.899. The van der Waals surface area contributed by atoms with E-state index < -0.39 is 0 Å². The first-order chi connectivity index (χ1) is 12.3. The Morgan fingerprint density at radius 2 is 2.20 bits per heavy atom. The minimum absolute atomic E-state index is 0.0618. The van der Waals surface area contributed by atoms with Gasteiger partial charge in [-0.25, -0.2) is 9.97 Å². The zero-order valence-electron chi connectivity index (χ0n) is 13.8. The van der Waals surface area contributed by atoms with Crippen LogP contribution in [-0.2, 0) is 4.74 Å². The molecule has 2 aliphatic rings. The van der Waals surface area contributed by atoms with Crippen molar-refractivity contribution in [3.8, 4) is 5.88 Å². The summed E-state index contributed by atoms with van der Waals surface area (Å²) in [6, 6.07) is 5.69. The number of carbonyl (C=O) groups excluding carboxylic acids is 1. The number of fused-ring (bicyclic) bond motifs is 1. The van der Waals surface area contributed by atoms with Crippen LogP contribution >= 0.6 is 0 Å². The van der Waals surface area contributed by atoms with Gasteiger partial charge in [-0.1, -0.05) is 6.07 Å². The lowest BCUT2D eigenvalue weighted by atomic mass is 10.1. The van der Waals surface area contributed by atoms with Gasteiger partial charge in [0.15, 0.2) is 0 Å². The van der Waals surface area contributed by atoms with Crippen LogP contribution in [0.3, 0.4) is 0 Å². The van der Waals surface area contributed by atoms with Crippen LogP contribution in [-0.4, -0.2) is 57.7 Å². The highest BCUT2D eigenvalue weighted by atomic mass is 16.5. The molecule has 0 spiro atoms. The zero-order valence-corrected chi connectivity index (χ0v) is 13.8. The highest BCUT2D eigenvalue weighted by Crippen LogP contribution is 2.35. The van der Waals surface area contributed by atoms with Gasteiger partial charge in [0.2, 0.25) is 5.88 Å². The SMILES string of the molecule is O=C(c1cnccn1)N1CCO[C@@H]2C[C@H](COc3ccccn3)C[C@H]21. The van der Waals surface area contributed by atoms with Crippen molar-refractivity contribution in [3.63, 3.8) is 0 Å². The normalized spacial score (nSPS) is 25.4. The van der Waals surface area contributed by atoms with E-state index >= 15 is 0 Å². The number of hydrogen-bond donors (Lipinski definition) is 0. The van der Waals surface area contributed by atoms with E-state index in [-0.39, 0.29) is 18.1 Å². The fourth-order valence-electron chi connectivity index (χ4n) is 3.63. The van der Waals surface area contributed by atoms with Crippen LogP contribution < -0.4 is 4.74 Å². The molecular weight excluding hydrogens is 320 g/mol. The molecule has 2 aromatic rings. The Morgan fingerprint density at radius 3 is 3.00 bits per heavy atom. The second-order valence-electron chi connectivity index (χ2n) is 6.38. The summed E-state index contributed by atoms with van der Waals surface area (Å²) in [6.45, 7) is 1.73. The lowest BCUT2D eigenvalue weighted by Gasteiger charge is -2.37. The van der Waals surface area contributed by atoms with Gasteiger partial charge in [0.25, 0.3) is 5.91 Å². The molecule has 7 nitrogen and oxygen atoms in total. The molecular formula is C18H20N4O3. The lowest BCUT2D eigenvalue weighted by molar-refractivity contribution is -0.0450. The van der Waals surface area contributed by atoms with Crippen molar-refractivity contribution in [2.45, 2.75) is 25.0 Å². The van der Waals surface area contributed by atoms with Crippen molar-refractivity contribution in [2.24, 2.45) is 5.92 Å². The first-order valence-corrected chi connectivity index (χ1v) is 8.53. The number of morpholine rings is 1. The maximum absolute atomic E-state index is 12.8. The first kappa shape index (κ1) is 16.0. The first-order valence-electron chi connectivity index (χ1n) is 8.53. The second kappa shape index (κ2) is 7.14. The number of carbonyl (C=O) groups is 1. The Hall–Kier alpha value is -2.54. The molecule has 0 bridgehead atoms. The van der Waals surface area contributed by atoms with Crippen molar-refractivity contribution in [1.29, 1.82) is 0 Å². The monoisotopic (exact) mass is 340 g/mol. The molecule has 7 heteroatoms. The minimum Gasteiger partial charge on any atom is -0.477 e. The van der Waals surface area contributed by atoms with E-state index in [0.717, 1.165) is 12.8 Å². The quantitative estimate of drug-likeness (QED) is 0.841. The molecule has 1 aliphatic heterocycles. The topological polar surface area (TPSA) is 77.4 Å². The summed E-state index contributed by atoms with van der Waals surface area (Å²) >= 11 is 0. The number of ether oxygens (including phenoxy) is 2. The largest absolute Gasteiger partial charge is 0.477 e. The van der Waals surface area contributed by atoms with E-state index in [1.165, 1.54) is 6.20 Å². The Morgan fingerprint density at radius 1 is 1.24 bits per heavy atom. The fourth-order valence-corrected chi connectivity index (χ4v) is 3.63. The van der Waals surface area contributed by atoms with Crippen molar-refractivity contribution in [3.05, 3.63) is 48.7 Å². The summed E-state index contributed by atoms with van der Waals surface area (Å²) < 4.78 is 11.7. The molecule has 1 amide bonds. The van der Waals surface area contributed by atoms with E-state index in [9.17, 15) is 4.79 Å². The molecule has 1 aliphatic carbocycles. The van der Waals surface area contributed by atoms with Crippen molar-refractivity contribution in [1.82, 2.24) is 19.9 Å². The average molecular weight is 340 g/mol. The molecule has 1 saturated carbocycles. The summed E-state index contributed by atoms with van der Waals surface area (Å²) in [6.07, 6.45) is 8.16. The molecule has 2 fully saturated rings. The van der Waals surface area contributed by atoms with Gasteiger partial charge in [-0.05, 0) is 24.8 Å². The predicted octanol–water partition coefficient (Wildman–Crippen LogP) is 1.57. The average Bonchev–Trinajstić information content (AvgIpc) is 3.10. The molecule has 4 rings (SSSR count). The van der Waals surface area contributed by atoms with E-state index in [1.54, 1.807) is 18.6 Å². The Kier molecular flexibility index (Phi) is 4.56. The number of rotatable bonds is 4. The maximum Gasteiger partial charge on any atom is 0.274 e. The molecule has 0 unspecified atom stereocenters. The van der Waals surface area contributed by atoms with Crippen LogP contribution in [0.2, 0.25) is 0 Å². The van der Waals surface area contributed by atoms with Crippen LogP contribution in [0.1, 0.15) is 23.3 Å². The molecule has 0 N–H and O–H groups in total. The third kappa shape index (κ3) is 3.46. The Labute approximate surface area is 146 Å². The number of nitrogens with zero attached hydrogens (tertiary/aromatic N) is 4. The van der Waals surface area contributed by atoms with Gasteiger partial charge in [0, 0.05) is 31.2 Å². The van der Waals surface area contributed by atoms with E-state index in [4.69, 9.17) is 9.47 Å². The van der Waals surface area contributed by atoms with Crippen molar-refractivity contribution >= 4 is 5.91 Å². The smallest absolute Gasteiger partial charge is 0.274 e. The molecule has 130 valence electrons. The predicted molar refractivity (Wildman–Crippen MR) is 89.1 cm³/mol. The van der Waals surface area contributed by atoms with Gasteiger partial charge < -0.3 is 14.4 Å². The second-order valence-corrected chi connectivity index (χ2v) is 6.38. The van der Waals surface area contributed by atoms with Gasteiger partial charge in [-0.15, -0.1) is 0 Å². The molecule has 1 saturated heterocycles. The molecule has 3 atom stereocenters. The number of amides is 1. The molecule has 0 aromatic carbocycles.